The number of nitrogens with zero attached hydrogens (tertiary/aromatic N) is 4. The molecule has 1 aliphatic heterocycles. The molecule has 0 spiro atoms. The highest BCUT2D eigenvalue weighted by Crippen LogP contribution is 2.32. The van der Waals surface area contributed by atoms with Gasteiger partial charge in [-0.3, -0.25) is 14.9 Å². The third kappa shape index (κ3) is 2.81. The van der Waals surface area contributed by atoms with Gasteiger partial charge >= 0.3 is 0 Å². The minimum absolute atomic E-state index is 0.00580. The number of anilines is 1. The Morgan fingerprint density at radius 1 is 1.04 bits per heavy atom. The molecule has 1 fully saturated rings. The van der Waals surface area contributed by atoms with Crippen molar-refractivity contribution in [2.75, 3.05) is 18.0 Å². The van der Waals surface area contributed by atoms with Crippen molar-refractivity contribution in [1.29, 1.82) is 0 Å². The average Bonchev–Trinajstić information content (AvgIpc) is 2.69. The highest BCUT2D eigenvalue weighted by molar-refractivity contribution is 5.80. The van der Waals surface area contributed by atoms with Gasteiger partial charge in [0.1, 0.15) is 5.69 Å². The molecule has 7 heteroatoms. The van der Waals surface area contributed by atoms with Crippen molar-refractivity contribution in [3.05, 3.63) is 69.1 Å². The third-order valence-electron chi connectivity index (χ3n) is 4.79. The zero-order chi connectivity index (χ0) is 18.1. The maximum atomic E-state index is 12.7. The van der Waals surface area contributed by atoms with Gasteiger partial charge in [-0.1, -0.05) is 18.2 Å². The van der Waals surface area contributed by atoms with Crippen LogP contribution in [0, 0.1) is 10.1 Å². The Labute approximate surface area is 149 Å². The van der Waals surface area contributed by atoms with Crippen LogP contribution in [-0.4, -0.2) is 27.8 Å². The molecule has 0 saturated carbocycles. The summed E-state index contributed by atoms with van der Waals surface area (Å²) in [7, 11) is 0. The van der Waals surface area contributed by atoms with Crippen molar-refractivity contribution in [3.63, 3.8) is 0 Å². The molecule has 2 heterocycles. The first-order chi connectivity index (χ1) is 12.6. The first-order valence-corrected chi connectivity index (χ1v) is 8.66. The predicted molar refractivity (Wildman–Crippen MR) is 100 cm³/mol. The van der Waals surface area contributed by atoms with Crippen LogP contribution in [0.15, 0.2) is 53.5 Å². The van der Waals surface area contributed by atoms with Crippen molar-refractivity contribution in [3.8, 4) is 5.69 Å². The molecule has 0 atom stereocenters. The molecule has 0 bridgehead atoms. The first kappa shape index (κ1) is 16.3. The number of nitro groups is 1. The SMILES string of the molecule is O=c1c2ccccc2cnn1-c1ccc(N2CCCCC2)c([N+](=O)[O-])c1. The van der Waals surface area contributed by atoms with Crippen molar-refractivity contribution in [1.82, 2.24) is 9.78 Å². The highest BCUT2D eigenvalue weighted by Gasteiger charge is 2.22. The molecule has 3 aromatic rings. The van der Waals surface area contributed by atoms with E-state index >= 15 is 0 Å². The fourth-order valence-corrected chi connectivity index (χ4v) is 3.47. The Balaban J connectivity index is 1.83. The zero-order valence-electron chi connectivity index (χ0n) is 14.2. The Kier molecular flexibility index (Phi) is 4.12. The van der Waals surface area contributed by atoms with Crippen LogP contribution in [0.1, 0.15) is 19.3 Å². The lowest BCUT2D eigenvalue weighted by Gasteiger charge is -2.28. The van der Waals surface area contributed by atoms with Gasteiger partial charge in [-0.25, -0.2) is 0 Å². The fraction of sp³-hybridized carbons (Fsp3) is 0.263. The highest BCUT2D eigenvalue weighted by atomic mass is 16.6. The zero-order valence-corrected chi connectivity index (χ0v) is 14.2. The molecule has 0 N–H and O–H groups in total. The van der Waals surface area contributed by atoms with Gasteiger partial charge in [-0.2, -0.15) is 9.78 Å². The van der Waals surface area contributed by atoms with Gasteiger partial charge in [0.2, 0.25) is 0 Å². The summed E-state index contributed by atoms with van der Waals surface area (Å²) in [5, 5.41) is 17.1. The molecule has 0 unspecified atom stereocenters. The molecule has 1 saturated heterocycles. The van der Waals surface area contributed by atoms with E-state index in [4.69, 9.17) is 0 Å². The van der Waals surface area contributed by atoms with Crippen LogP contribution < -0.4 is 10.5 Å². The molecule has 0 aliphatic carbocycles. The molecular formula is C19H18N4O3. The summed E-state index contributed by atoms with van der Waals surface area (Å²) in [5.41, 5.74) is 0.717. The van der Waals surface area contributed by atoms with Crippen LogP contribution in [0.3, 0.4) is 0 Å². The van der Waals surface area contributed by atoms with Crippen LogP contribution in [0.25, 0.3) is 16.5 Å². The number of hydrogen-bond donors (Lipinski definition) is 0. The number of hydrogen-bond acceptors (Lipinski definition) is 5. The Bertz CT molecular complexity index is 1040. The van der Waals surface area contributed by atoms with Gasteiger partial charge < -0.3 is 4.90 Å². The van der Waals surface area contributed by atoms with Crippen LogP contribution in [0.2, 0.25) is 0 Å². The molecule has 1 aliphatic rings. The maximum absolute atomic E-state index is 12.7. The standard InChI is InChI=1S/C19H18N4O3/c24-19-16-7-3-2-6-14(16)13-20-22(19)15-8-9-17(18(12-15)23(25)26)21-10-4-1-5-11-21/h2-3,6-9,12-13H,1,4-5,10-11H2. The molecule has 0 radical (unpaired) electrons. The number of nitro benzene ring substituents is 1. The molecule has 26 heavy (non-hydrogen) atoms. The van der Waals surface area contributed by atoms with E-state index in [0.29, 0.717) is 16.8 Å². The summed E-state index contributed by atoms with van der Waals surface area (Å²) in [6, 6.07) is 12.1. The lowest BCUT2D eigenvalue weighted by molar-refractivity contribution is -0.384. The van der Waals surface area contributed by atoms with Crippen molar-refractivity contribution < 1.29 is 4.92 Å². The molecule has 2 aromatic carbocycles. The second kappa shape index (κ2) is 6.59. The Hall–Kier alpha value is -3.22. The summed E-state index contributed by atoms with van der Waals surface area (Å²) in [6.07, 6.45) is 4.81. The minimum Gasteiger partial charge on any atom is -0.366 e. The number of fused-ring (bicyclic) bond motifs is 1. The van der Waals surface area contributed by atoms with E-state index in [0.717, 1.165) is 37.7 Å². The first-order valence-electron chi connectivity index (χ1n) is 8.66. The Morgan fingerprint density at radius 3 is 2.58 bits per heavy atom. The number of benzene rings is 2. The molecule has 1 aromatic heterocycles. The third-order valence-corrected chi connectivity index (χ3v) is 4.79. The van der Waals surface area contributed by atoms with Crippen molar-refractivity contribution in [2.45, 2.75) is 19.3 Å². The number of aromatic nitrogens is 2. The van der Waals surface area contributed by atoms with Gasteiger partial charge in [0.05, 0.1) is 22.2 Å². The van der Waals surface area contributed by atoms with E-state index < -0.39 is 0 Å². The Morgan fingerprint density at radius 2 is 1.81 bits per heavy atom. The van der Waals surface area contributed by atoms with Gasteiger partial charge in [0.25, 0.3) is 11.2 Å². The van der Waals surface area contributed by atoms with Gasteiger partial charge in [0.15, 0.2) is 0 Å². The smallest absolute Gasteiger partial charge is 0.294 e. The van der Waals surface area contributed by atoms with E-state index in [1.165, 1.54) is 10.7 Å². The van der Waals surface area contributed by atoms with Crippen molar-refractivity contribution in [2.24, 2.45) is 0 Å². The maximum Gasteiger partial charge on any atom is 0.294 e. The van der Waals surface area contributed by atoms with Crippen LogP contribution in [-0.2, 0) is 0 Å². The van der Waals surface area contributed by atoms with Crippen LogP contribution in [0.4, 0.5) is 11.4 Å². The van der Waals surface area contributed by atoms with Crippen LogP contribution >= 0.6 is 0 Å². The summed E-state index contributed by atoms with van der Waals surface area (Å²) >= 11 is 0. The van der Waals surface area contributed by atoms with E-state index in [9.17, 15) is 14.9 Å². The molecule has 4 rings (SSSR count). The van der Waals surface area contributed by atoms with E-state index in [1.54, 1.807) is 30.5 Å². The van der Waals surface area contributed by atoms with E-state index in [2.05, 4.69) is 5.10 Å². The van der Waals surface area contributed by atoms with Gasteiger partial charge in [-0.15, -0.1) is 0 Å². The number of rotatable bonds is 3. The van der Waals surface area contributed by atoms with Crippen LogP contribution in [0.5, 0.6) is 0 Å². The summed E-state index contributed by atoms with van der Waals surface area (Å²) < 4.78 is 1.22. The predicted octanol–water partition coefficient (Wildman–Crippen LogP) is 3.28. The van der Waals surface area contributed by atoms with Crippen molar-refractivity contribution >= 4 is 22.1 Å². The normalized spacial score (nSPS) is 14.5. The fourth-order valence-electron chi connectivity index (χ4n) is 3.47. The second-order valence-corrected chi connectivity index (χ2v) is 6.43. The molecule has 0 amide bonds. The molecule has 7 nitrogen and oxygen atoms in total. The quantitative estimate of drug-likeness (QED) is 0.535. The summed E-state index contributed by atoms with van der Waals surface area (Å²) in [5.74, 6) is 0. The number of piperidine rings is 1. The van der Waals surface area contributed by atoms with E-state index in [-0.39, 0.29) is 16.2 Å². The lowest BCUT2D eigenvalue weighted by atomic mass is 10.1. The van der Waals surface area contributed by atoms with Gasteiger partial charge in [0, 0.05) is 24.5 Å². The largest absolute Gasteiger partial charge is 0.366 e. The lowest BCUT2D eigenvalue weighted by Crippen LogP contribution is -2.30. The topological polar surface area (TPSA) is 81.3 Å². The molecule has 132 valence electrons. The van der Waals surface area contributed by atoms with Gasteiger partial charge in [-0.05, 0) is 37.5 Å². The summed E-state index contributed by atoms with van der Waals surface area (Å²) in [4.78, 5) is 26.0. The summed E-state index contributed by atoms with van der Waals surface area (Å²) in [6.45, 7) is 1.63. The second-order valence-electron chi connectivity index (χ2n) is 6.43. The minimum atomic E-state index is -0.389. The average molecular weight is 350 g/mol. The van der Waals surface area contributed by atoms with E-state index in [1.807, 2.05) is 17.0 Å². The monoisotopic (exact) mass is 350 g/mol. The molecular weight excluding hydrogens is 332 g/mol.